The highest BCUT2D eigenvalue weighted by Crippen LogP contribution is 2.28. The van der Waals surface area contributed by atoms with Gasteiger partial charge in [0.25, 0.3) is 0 Å². The average molecular weight is 367 g/mol. The summed E-state index contributed by atoms with van der Waals surface area (Å²) in [6, 6.07) is 14.6. The average Bonchev–Trinajstić information content (AvgIpc) is 3.33. The summed E-state index contributed by atoms with van der Waals surface area (Å²) >= 11 is 1.76. The van der Waals surface area contributed by atoms with Crippen molar-refractivity contribution in [1.29, 1.82) is 0 Å². The molecule has 5 heteroatoms. The molecular weight excluding hydrogens is 340 g/mol. The van der Waals surface area contributed by atoms with Crippen molar-refractivity contribution >= 4 is 11.3 Å². The lowest BCUT2D eigenvalue weighted by Crippen LogP contribution is -2.34. The molecule has 4 nitrogen and oxygen atoms in total. The number of hydrogen-bond acceptors (Lipinski definition) is 4. The third kappa shape index (κ3) is 4.06. The summed E-state index contributed by atoms with van der Waals surface area (Å²) in [5.74, 6) is 0.801. The fraction of sp³-hybridized carbons (Fsp3) is 0.381. The van der Waals surface area contributed by atoms with E-state index >= 15 is 0 Å². The van der Waals surface area contributed by atoms with Crippen LogP contribution in [0.4, 0.5) is 0 Å². The Morgan fingerprint density at radius 1 is 1.15 bits per heavy atom. The first-order valence-electron chi connectivity index (χ1n) is 9.37. The molecular formula is C21H26N4S. The van der Waals surface area contributed by atoms with Crippen molar-refractivity contribution in [3.8, 4) is 16.3 Å². The van der Waals surface area contributed by atoms with E-state index in [1.807, 2.05) is 10.7 Å². The van der Waals surface area contributed by atoms with Gasteiger partial charge in [-0.05, 0) is 62.5 Å². The van der Waals surface area contributed by atoms with Gasteiger partial charge in [-0.3, -0.25) is 0 Å². The predicted octanol–water partition coefficient (Wildman–Crippen LogP) is 4.03. The maximum Gasteiger partial charge on any atom is 0.107 e. The van der Waals surface area contributed by atoms with E-state index < -0.39 is 0 Å². The molecule has 0 radical (unpaired) electrons. The zero-order chi connectivity index (χ0) is 17.8. The Balaban J connectivity index is 1.56. The predicted molar refractivity (Wildman–Crippen MR) is 109 cm³/mol. The van der Waals surface area contributed by atoms with E-state index in [0.717, 1.165) is 43.5 Å². The molecule has 0 spiro atoms. The van der Waals surface area contributed by atoms with E-state index in [1.54, 1.807) is 11.3 Å². The van der Waals surface area contributed by atoms with Crippen molar-refractivity contribution in [1.82, 2.24) is 20.0 Å². The van der Waals surface area contributed by atoms with Crippen molar-refractivity contribution in [3.05, 3.63) is 59.6 Å². The summed E-state index contributed by atoms with van der Waals surface area (Å²) in [6.45, 7) is 4.40. The molecule has 0 amide bonds. The molecule has 1 aliphatic heterocycles. The van der Waals surface area contributed by atoms with Gasteiger partial charge < -0.3 is 10.2 Å². The van der Waals surface area contributed by atoms with Crippen molar-refractivity contribution in [3.63, 3.8) is 0 Å². The normalized spacial score (nSPS) is 15.6. The second-order valence-corrected chi connectivity index (χ2v) is 8.10. The van der Waals surface area contributed by atoms with E-state index in [2.05, 4.69) is 65.2 Å². The maximum absolute atomic E-state index is 4.91. The molecule has 0 saturated carbocycles. The minimum atomic E-state index is 0.801. The quantitative estimate of drug-likeness (QED) is 0.715. The monoisotopic (exact) mass is 366 g/mol. The number of nitrogens with one attached hydrogen (secondary N) is 1. The topological polar surface area (TPSA) is 33.1 Å². The largest absolute Gasteiger partial charge is 0.317 e. The summed E-state index contributed by atoms with van der Waals surface area (Å²) in [5, 5.41) is 10.5. The Kier molecular flexibility index (Phi) is 5.48. The third-order valence-corrected chi connectivity index (χ3v) is 5.91. The van der Waals surface area contributed by atoms with Crippen molar-refractivity contribution in [2.75, 3.05) is 26.7 Å². The summed E-state index contributed by atoms with van der Waals surface area (Å²) in [7, 11) is 2.24. The first-order valence-corrected chi connectivity index (χ1v) is 10.2. The minimum Gasteiger partial charge on any atom is -0.317 e. The maximum atomic E-state index is 4.91. The number of thiophene rings is 1. The fourth-order valence-electron chi connectivity index (χ4n) is 3.72. The Morgan fingerprint density at radius 2 is 1.96 bits per heavy atom. The van der Waals surface area contributed by atoms with Crippen LogP contribution in [0.3, 0.4) is 0 Å². The highest BCUT2D eigenvalue weighted by atomic mass is 32.1. The molecule has 1 aromatic carbocycles. The zero-order valence-electron chi connectivity index (χ0n) is 15.3. The van der Waals surface area contributed by atoms with Crippen LogP contribution in [-0.4, -0.2) is 41.4 Å². The van der Waals surface area contributed by atoms with Crippen molar-refractivity contribution in [2.45, 2.75) is 19.4 Å². The number of aromatic nitrogens is 2. The lowest BCUT2D eigenvalue weighted by molar-refractivity contribution is 0.235. The van der Waals surface area contributed by atoms with Gasteiger partial charge in [-0.2, -0.15) is 5.10 Å². The van der Waals surface area contributed by atoms with E-state index in [9.17, 15) is 0 Å². The van der Waals surface area contributed by atoms with Crippen LogP contribution < -0.4 is 5.32 Å². The highest BCUT2D eigenvalue weighted by molar-refractivity contribution is 7.13. The molecule has 1 fully saturated rings. The van der Waals surface area contributed by atoms with Gasteiger partial charge in [-0.15, -0.1) is 11.3 Å². The SMILES string of the molecule is CN(Cc1cn(-c2ccccc2)nc1-c1cccs1)CC1CCNCC1. The van der Waals surface area contributed by atoms with Gasteiger partial charge >= 0.3 is 0 Å². The van der Waals surface area contributed by atoms with Gasteiger partial charge in [0, 0.05) is 24.8 Å². The summed E-state index contributed by atoms with van der Waals surface area (Å²) in [5.41, 5.74) is 3.52. The van der Waals surface area contributed by atoms with Crippen LogP contribution in [0.5, 0.6) is 0 Å². The van der Waals surface area contributed by atoms with Crippen LogP contribution >= 0.6 is 11.3 Å². The number of benzene rings is 1. The Hall–Kier alpha value is -1.95. The van der Waals surface area contributed by atoms with Gasteiger partial charge in [0.1, 0.15) is 5.69 Å². The molecule has 0 atom stereocenters. The van der Waals surface area contributed by atoms with E-state index in [0.29, 0.717) is 0 Å². The fourth-order valence-corrected chi connectivity index (χ4v) is 4.46. The molecule has 3 heterocycles. The Bertz CT molecular complexity index is 804. The van der Waals surface area contributed by atoms with Gasteiger partial charge in [0.15, 0.2) is 0 Å². The van der Waals surface area contributed by atoms with Crippen LogP contribution in [0.1, 0.15) is 18.4 Å². The summed E-state index contributed by atoms with van der Waals surface area (Å²) < 4.78 is 2.02. The number of hydrogen-bond donors (Lipinski definition) is 1. The molecule has 2 aromatic heterocycles. The second kappa shape index (κ2) is 8.16. The lowest BCUT2D eigenvalue weighted by atomic mass is 9.97. The smallest absolute Gasteiger partial charge is 0.107 e. The summed E-state index contributed by atoms with van der Waals surface area (Å²) in [4.78, 5) is 3.70. The van der Waals surface area contributed by atoms with Crippen LogP contribution in [0.15, 0.2) is 54.0 Å². The Morgan fingerprint density at radius 3 is 2.69 bits per heavy atom. The van der Waals surface area contributed by atoms with Crippen LogP contribution in [0.2, 0.25) is 0 Å². The van der Waals surface area contributed by atoms with E-state index in [4.69, 9.17) is 5.10 Å². The molecule has 3 aromatic rings. The molecule has 26 heavy (non-hydrogen) atoms. The van der Waals surface area contributed by atoms with E-state index in [1.165, 1.54) is 23.3 Å². The standard InChI is InChI=1S/C21H26N4S/c1-24(14-17-9-11-22-12-10-17)15-18-16-25(19-6-3-2-4-7-19)23-21(18)20-8-5-13-26-20/h2-8,13,16-17,22H,9-12,14-15H2,1H3. The molecule has 136 valence electrons. The number of piperidine rings is 1. The van der Waals surface area contributed by atoms with E-state index in [-0.39, 0.29) is 0 Å². The molecule has 0 aliphatic carbocycles. The minimum absolute atomic E-state index is 0.801. The van der Waals surface area contributed by atoms with Crippen molar-refractivity contribution < 1.29 is 0 Å². The molecule has 0 unspecified atom stereocenters. The summed E-state index contributed by atoms with van der Waals surface area (Å²) in [6.07, 6.45) is 4.76. The highest BCUT2D eigenvalue weighted by Gasteiger charge is 2.18. The number of nitrogens with zero attached hydrogens (tertiary/aromatic N) is 3. The van der Waals surface area contributed by atoms with Crippen LogP contribution in [-0.2, 0) is 6.54 Å². The first-order chi connectivity index (χ1) is 12.8. The van der Waals surface area contributed by atoms with Gasteiger partial charge in [-0.25, -0.2) is 4.68 Å². The number of para-hydroxylation sites is 1. The van der Waals surface area contributed by atoms with Gasteiger partial charge in [0.05, 0.1) is 10.6 Å². The molecule has 0 bridgehead atoms. The van der Waals surface area contributed by atoms with Gasteiger partial charge in [-0.1, -0.05) is 24.3 Å². The van der Waals surface area contributed by atoms with Crippen LogP contribution in [0.25, 0.3) is 16.3 Å². The zero-order valence-corrected chi connectivity index (χ0v) is 16.1. The second-order valence-electron chi connectivity index (χ2n) is 7.15. The molecule has 1 N–H and O–H groups in total. The number of rotatable bonds is 6. The lowest BCUT2D eigenvalue weighted by Gasteiger charge is -2.27. The molecule has 1 aliphatic rings. The first kappa shape index (κ1) is 17.5. The van der Waals surface area contributed by atoms with Crippen molar-refractivity contribution in [2.24, 2.45) is 5.92 Å². The molecule has 1 saturated heterocycles. The van der Waals surface area contributed by atoms with Gasteiger partial charge in [0.2, 0.25) is 0 Å². The van der Waals surface area contributed by atoms with Crippen LogP contribution in [0, 0.1) is 5.92 Å². The Labute approximate surface area is 159 Å². The molecule has 4 rings (SSSR count). The third-order valence-electron chi connectivity index (χ3n) is 5.03.